The Labute approximate surface area is 215 Å². The van der Waals surface area contributed by atoms with Gasteiger partial charge in [-0.15, -0.1) is 11.3 Å². The summed E-state index contributed by atoms with van der Waals surface area (Å²) in [5.74, 6) is -0.346. The maximum Gasteiger partial charge on any atom is 0.338 e. The summed E-state index contributed by atoms with van der Waals surface area (Å²) >= 11 is 2.79. The number of allylic oxidation sites excluding steroid dienone is 1. The van der Waals surface area contributed by atoms with Crippen LogP contribution in [0.3, 0.4) is 0 Å². The van der Waals surface area contributed by atoms with Crippen LogP contribution in [0.2, 0.25) is 0 Å². The van der Waals surface area contributed by atoms with E-state index in [2.05, 4.69) is 4.99 Å². The second-order valence-electron chi connectivity index (χ2n) is 8.59. The molecular weight excluding hydrogens is 500 g/mol. The fourth-order valence-electron chi connectivity index (χ4n) is 3.81. The first-order valence-corrected chi connectivity index (χ1v) is 13.0. The maximum absolute atomic E-state index is 13.6. The fourth-order valence-corrected chi connectivity index (χ4v) is 5.58. The van der Waals surface area contributed by atoms with Crippen molar-refractivity contribution in [3.8, 4) is 11.5 Å². The van der Waals surface area contributed by atoms with Crippen LogP contribution in [0.15, 0.2) is 56.8 Å². The fraction of sp³-hybridized carbons (Fsp3) is 0.308. The zero-order valence-electron chi connectivity index (χ0n) is 20.6. The lowest BCUT2D eigenvalue weighted by molar-refractivity contribution is -0.140. The van der Waals surface area contributed by atoms with Crippen LogP contribution >= 0.6 is 22.7 Å². The van der Waals surface area contributed by atoms with Crippen molar-refractivity contribution in [1.82, 2.24) is 4.57 Å². The first-order chi connectivity index (χ1) is 17.2. The minimum absolute atomic E-state index is 0.142. The minimum atomic E-state index is -0.799. The Balaban J connectivity index is 1.92. The van der Waals surface area contributed by atoms with Gasteiger partial charge in [-0.1, -0.05) is 37.3 Å². The number of thiophene rings is 1. The van der Waals surface area contributed by atoms with Gasteiger partial charge in [-0.05, 0) is 48.1 Å². The number of fused-ring (bicyclic) bond motifs is 1. The molecule has 0 radical (unpaired) electrons. The number of methoxy groups -OCH3 is 1. The summed E-state index contributed by atoms with van der Waals surface area (Å²) in [5, 5.41) is 1.94. The normalized spacial score (nSPS) is 15.5. The standard InChI is InChI=1S/C26H26N2O6S2/c1-14(2)13-33-25(31)22-15(3)27-26-28(24(30)21(36-26)12-18-7-6-10-35-18)23(22)17-8-9-19(34-16(4)29)20(11-17)32-5/h6-12,14,23H,13H2,1-5H3/b21-12+/t23-/m0/s1. The molecule has 0 unspecified atom stereocenters. The van der Waals surface area contributed by atoms with E-state index in [9.17, 15) is 14.4 Å². The lowest BCUT2D eigenvalue weighted by Crippen LogP contribution is -2.40. The molecule has 36 heavy (non-hydrogen) atoms. The van der Waals surface area contributed by atoms with Gasteiger partial charge >= 0.3 is 11.9 Å². The predicted molar refractivity (Wildman–Crippen MR) is 138 cm³/mol. The molecule has 8 nitrogen and oxygen atoms in total. The Hall–Kier alpha value is -3.50. The van der Waals surface area contributed by atoms with Crippen LogP contribution in [0, 0.1) is 5.92 Å². The summed E-state index contributed by atoms with van der Waals surface area (Å²) in [6, 6.07) is 8.00. The zero-order chi connectivity index (χ0) is 26.0. The van der Waals surface area contributed by atoms with Gasteiger partial charge in [0.15, 0.2) is 16.3 Å². The van der Waals surface area contributed by atoms with Crippen LogP contribution in [0.5, 0.6) is 11.5 Å². The van der Waals surface area contributed by atoms with Crippen LogP contribution in [0.1, 0.15) is 44.2 Å². The predicted octanol–water partition coefficient (Wildman–Crippen LogP) is 3.43. The molecule has 1 aliphatic heterocycles. The molecule has 10 heteroatoms. The highest BCUT2D eigenvalue weighted by Crippen LogP contribution is 2.36. The molecule has 0 saturated heterocycles. The Morgan fingerprint density at radius 3 is 2.64 bits per heavy atom. The van der Waals surface area contributed by atoms with E-state index in [4.69, 9.17) is 14.2 Å². The van der Waals surface area contributed by atoms with Crippen LogP contribution < -0.4 is 24.4 Å². The van der Waals surface area contributed by atoms with Crippen molar-refractivity contribution in [2.24, 2.45) is 10.9 Å². The number of ether oxygens (including phenoxy) is 3. The number of hydrogen-bond donors (Lipinski definition) is 0. The molecule has 1 aromatic carbocycles. The molecule has 2 aromatic heterocycles. The molecular formula is C26H26N2O6S2. The van der Waals surface area contributed by atoms with Crippen LogP contribution in [-0.2, 0) is 14.3 Å². The minimum Gasteiger partial charge on any atom is -0.493 e. The van der Waals surface area contributed by atoms with Gasteiger partial charge in [-0.25, -0.2) is 9.79 Å². The number of aromatic nitrogens is 1. The number of benzene rings is 1. The van der Waals surface area contributed by atoms with Crippen LogP contribution in [0.4, 0.5) is 0 Å². The van der Waals surface area contributed by atoms with E-state index >= 15 is 0 Å². The quantitative estimate of drug-likeness (QED) is 0.346. The number of carbonyl (C=O) groups is 2. The lowest BCUT2D eigenvalue weighted by Gasteiger charge is -2.25. The number of hydrogen-bond acceptors (Lipinski definition) is 9. The van der Waals surface area contributed by atoms with Gasteiger partial charge in [0.2, 0.25) is 0 Å². The van der Waals surface area contributed by atoms with Crippen molar-refractivity contribution < 1.29 is 23.8 Å². The first-order valence-electron chi connectivity index (χ1n) is 11.3. The topological polar surface area (TPSA) is 96.2 Å². The van der Waals surface area contributed by atoms with Gasteiger partial charge in [0, 0.05) is 11.8 Å². The Morgan fingerprint density at radius 2 is 2.00 bits per heavy atom. The third-order valence-corrected chi connectivity index (χ3v) is 7.17. The van der Waals surface area contributed by atoms with E-state index in [0.717, 1.165) is 4.88 Å². The van der Waals surface area contributed by atoms with Crippen LogP contribution in [0.25, 0.3) is 6.08 Å². The number of rotatable bonds is 7. The molecule has 1 aliphatic rings. The summed E-state index contributed by atoms with van der Waals surface area (Å²) in [7, 11) is 1.46. The van der Waals surface area contributed by atoms with Crippen molar-refractivity contribution in [1.29, 1.82) is 0 Å². The van der Waals surface area contributed by atoms with E-state index in [1.165, 1.54) is 41.3 Å². The van der Waals surface area contributed by atoms with Gasteiger partial charge in [-0.2, -0.15) is 0 Å². The third-order valence-electron chi connectivity index (χ3n) is 5.36. The number of thiazole rings is 1. The molecule has 0 fully saturated rings. The molecule has 4 rings (SSSR count). The first kappa shape index (κ1) is 25.6. The number of nitrogens with zero attached hydrogens (tertiary/aromatic N) is 2. The number of carbonyl (C=O) groups excluding carboxylic acids is 2. The highest BCUT2D eigenvalue weighted by Gasteiger charge is 2.34. The van der Waals surface area contributed by atoms with Crippen molar-refractivity contribution >= 4 is 40.7 Å². The molecule has 1 atom stereocenters. The summed E-state index contributed by atoms with van der Waals surface area (Å²) in [4.78, 5) is 44.5. The molecule has 188 valence electrons. The largest absolute Gasteiger partial charge is 0.493 e. The monoisotopic (exact) mass is 526 g/mol. The van der Waals surface area contributed by atoms with Gasteiger partial charge in [-0.3, -0.25) is 14.2 Å². The van der Waals surface area contributed by atoms with Crippen molar-refractivity contribution in [2.75, 3.05) is 13.7 Å². The highest BCUT2D eigenvalue weighted by molar-refractivity contribution is 7.11. The Morgan fingerprint density at radius 1 is 1.22 bits per heavy atom. The average molecular weight is 527 g/mol. The maximum atomic E-state index is 13.6. The van der Waals surface area contributed by atoms with Gasteiger partial charge < -0.3 is 14.2 Å². The summed E-state index contributed by atoms with van der Waals surface area (Å²) in [5.41, 5.74) is 1.08. The Bertz CT molecular complexity index is 1510. The SMILES string of the molecule is COc1cc([C@H]2C(C(=O)OCC(C)C)=C(C)N=c3s/c(=C/c4cccs4)c(=O)n32)ccc1OC(C)=O. The van der Waals surface area contributed by atoms with Gasteiger partial charge in [0.1, 0.15) is 0 Å². The summed E-state index contributed by atoms with van der Waals surface area (Å²) in [6.45, 7) is 7.17. The molecule has 0 spiro atoms. The molecule has 3 aromatic rings. The van der Waals surface area contributed by atoms with E-state index in [-0.39, 0.29) is 29.4 Å². The second-order valence-corrected chi connectivity index (χ2v) is 10.6. The van der Waals surface area contributed by atoms with Gasteiger partial charge in [0.25, 0.3) is 5.56 Å². The average Bonchev–Trinajstić information content (AvgIpc) is 3.44. The van der Waals surface area contributed by atoms with E-state index in [1.54, 1.807) is 25.1 Å². The highest BCUT2D eigenvalue weighted by atomic mass is 32.1. The molecule has 0 amide bonds. The van der Waals surface area contributed by atoms with Crippen molar-refractivity contribution in [2.45, 2.75) is 33.7 Å². The molecule has 0 N–H and O–H groups in total. The van der Waals surface area contributed by atoms with Crippen molar-refractivity contribution in [3.63, 3.8) is 0 Å². The van der Waals surface area contributed by atoms with E-state index in [0.29, 0.717) is 26.3 Å². The smallest absolute Gasteiger partial charge is 0.338 e. The molecule has 0 saturated carbocycles. The second kappa shape index (κ2) is 10.6. The molecule has 0 bridgehead atoms. The number of esters is 2. The zero-order valence-corrected chi connectivity index (χ0v) is 22.2. The molecule has 3 heterocycles. The third kappa shape index (κ3) is 5.19. The Kier molecular flexibility index (Phi) is 7.56. The summed E-state index contributed by atoms with van der Waals surface area (Å²) < 4.78 is 18.3. The van der Waals surface area contributed by atoms with E-state index < -0.39 is 18.0 Å². The molecule has 0 aliphatic carbocycles. The van der Waals surface area contributed by atoms with Crippen molar-refractivity contribution in [3.05, 3.63) is 77.1 Å². The van der Waals surface area contributed by atoms with Gasteiger partial charge in [0.05, 0.1) is 35.6 Å². The lowest BCUT2D eigenvalue weighted by atomic mass is 9.95. The summed E-state index contributed by atoms with van der Waals surface area (Å²) in [6.07, 6.45) is 1.83. The van der Waals surface area contributed by atoms with Crippen LogP contribution in [-0.4, -0.2) is 30.2 Å². The van der Waals surface area contributed by atoms with E-state index in [1.807, 2.05) is 37.4 Å².